The van der Waals surface area contributed by atoms with Crippen molar-refractivity contribution in [2.45, 2.75) is 44.6 Å². The molecule has 0 atom stereocenters. The number of rotatable bonds is 7. The molecular formula is C29H26BrN3O4. The number of aromatic nitrogens is 2. The van der Waals surface area contributed by atoms with Gasteiger partial charge in [0.15, 0.2) is 0 Å². The highest BCUT2D eigenvalue weighted by Gasteiger charge is 2.22. The second kappa shape index (κ2) is 11.1. The van der Waals surface area contributed by atoms with Gasteiger partial charge in [0.2, 0.25) is 0 Å². The number of halogens is 1. The van der Waals surface area contributed by atoms with E-state index >= 15 is 0 Å². The second-order valence-corrected chi connectivity index (χ2v) is 10.1. The molecular weight excluding hydrogens is 534 g/mol. The van der Waals surface area contributed by atoms with Crippen molar-refractivity contribution in [3.8, 4) is 5.75 Å². The maximum atomic E-state index is 13.5. The summed E-state index contributed by atoms with van der Waals surface area (Å²) in [5.41, 5.74) is 2.39. The number of carboxylic acid groups (broad SMARTS) is 1. The van der Waals surface area contributed by atoms with Crippen molar-refractivity contribution >= 4 is 39.0 Å². The van der Waals surface area contributed by atoms with Crippen molar-refractivity contribution in [2.75, 3.05) is 0 Å². The fraction of sp³-hybridized carbons (Fsp3) is 0.241. The topological polar surface area (TPSA) is 93.8 Å². The standard InChI is InChI=1S/C29H26BrN3O4/c30-23-13-14-26-25(16-23)28(34)33(27(32-26)21-6-2-1-3-7-21)31-17-20-5-4-8-24(15-20)37-18-19-9-11-22(12-10-19)29(35)36/h4-5,8-17,21H,1-3,6-7,18H2,(H,35,36). The maximum absolute atomic E-state index is 13.5. The Labute approximate surface area is 222 Å². The van der Waals surface area contributed by atoms with Gasteiger partial charge in [-0.3, -0.25) is 4.79 Å². The van der Waals surface area contributed by atoms with Crippen molar-refractivity contribution in [1.82, 2.24) is 9.66 Å². The van der Waals surface area contributed by atoms with E-state index in [9.17, 15) is 9.59 Å². The van der Waals surface area contributed by atoms with Crippen LogP contribution in [0.1, 0.15) is 65.3 Å². The first-order valence-corrected chi connectivity index (χ1v) is 13.1. The van der Waals surface area contributed by atoms with E-state index in [1.807, 2.05) is 36.4 Å². The third-order valence-corrected chi connectivity index (χ3v) is 7.08. The van der Waals surface area contributed by atoms with E-state index in [-0.39, 0.29) is 17.0 Å². The average molecular weight is 560 g/mol. The van der Waals surface area contributed by atoms with Gasteiger partial charge in [-0.05, 0) is 66.4 Å². The van der Waals surface area contributed by atoms with Gasteiger partial charge in [-0.15, -0.1) is 0 Å². The van der Waals surface area contributed by atoms with Crippen LogP contribution in [0.15, 0.2) is 81.1 Å². The normalized spacial score (nSPS) is 14.3. The van der Waals surface area contributed by atoms with Crippen LogP contribution in [0.25, 0.3) is 10.9 Å². The number of benzene rings is 3. The molecule has 1 saturated carbocycles. The molecule has 1 N–H and O–H groups in total. The van der Waals surface area contributed by atoms with Gasteiger partial charge in [0.25, 0.3) is 5.56 Å². The highest BCUT2D eigenvalue weighted by molar-refractivity contribution is 9.10. The molecule has 1 aromatic heterocycles. The molecule has 1 fully saturated rings. The number of hydrogen-bond donors (Lipinski definition) is 1. The highest BCUT2D eigenvalue weighted by Crippen LogP contribution is 2.32. The Morgan fingerprint density at radius 1 is 1.08 bits per heavy atom. The monoisotopic (exact) mass is 559 g/mol. The summed E-state index contributed by atoms with van der Waals surface area (Å²) in [5, 5.41) is 14.2. The van der Waals surface area contributed by atoms with Crippen LogP contribution in [-0.4, -0.2) is 27.0 Å². The molecule has 0 bridgehead atoms. The zero-order chi connectivity index (χ0) is 25.8. The van der Waals surface area contributed by atoms with E-state index in [2.05, 4.69) is 21.0 Å². The van der Waals surface area contributed by atoms with Gasteiger partial charge in [-0.2, -0.15) is 9.78 Å². The Bertz CT molecular complexity index is 1520. The molecule has 1 aliphatic rings. The first kappa shape index (κ1) is 24.9. The van der Waals surface area contributed by atoms with Gasteiger partial charge < -0.3 is 9.84 Å². The smallest absolute Gasteiger partial charge is 0.335 e. The Kier molecular flexibility index (Phi) is 7.46. The lowest BCUT2D eigenvalue weighted by atomic mass is 9.88. The number of hydrogen-bond acceptors (Lipinski definition) is 5. The summed E-state index contributed by atoms with van der Waals surface area (Å²) in [6.45, 7) is 0.301. The lowest BCUT2D eigenvalue weighted by Gasteiger charge is -2.22. The maximum Gasteiger partial charge on any atom is 0.335 e. The molecule has 0 amide bonds. The third-order valence-electron chi connectivity index (χ3n) is 6.59. The van der Waals surface area contributed by atoms with Gasteiger partial charge in [0.05, 0.1) is 22.7 Å². The zero-order valence-corrected chi connectivity index (χ0v) is 21.7. The Morgan fingerprint density at radius 2 is 1.86 bits per heavy atom. The number of carbonyl (C=O) groups is 1. The van der Waals surface area contributed by atoms with Crippen molar-refractivity contribution in [3.63, 3.8) is 0 Å². The quantitative estimate of drug-likeness (QED) is 0.265. The third kappa shape index (κ3) is 5.80. The molecule has 5 rings (SSSR count). The van der Waals surface area contributed by atoms with Crippen LogP contribution in [0.4, 0.5) is 0 Å². The second-order valence-electron chi connectivity index (χ2n) is 9.19. The van der Waals surface area contributed by atoms with E-state index in [1.165, 1.54) is 11.1 Å². The summed E-state index contributed by atoms with van der Waals surface area (Å²) in [6, 6.07) is 19.6. The number of fused-ring (bicyclic) bond motifs is 1. The van der Waals surface area contributed by atoms with Crippen LogP contribution in [-0.2, 0) is 6.61 Å². The lowest BCUT2D eigenvalue weighted by molar-refractivity contribution is 0.0697. The first-order valence-electron chi connectivity index (χ1n) is 12.3. The highest BCUT2D eigenvalue weighted by atomic mass is 79.9. The van der Waals surface area contributed by atoms with Gasteiger partial charge in [-0.25, -0.2) is 9.78 Å². The molecule has 0 radical (unpaired) electrons. The molecule has 0 unspecified atom stereocenters. The summed E-state index contributed by atoms with van der Waals surface area (Å²) < 4.78 is 8.19. The SMILES string of the molecule is O=C(O)c1ccc(COc2cccc(C=Nn3c(C4CCCCC4)nc4ccc(Br)cc4c3=O)c2)cc1. The van der Waals surface area contributed by atoms with Crippen LogP contribution in [0, 0.1) is 0 Å². The molecule has 0 spiro atoms. The van der Waals surface area contributed by atoms with Gasteiger partial charge in [0.1, 0.15) is 18.2 Å². The van der Waals surface area contributed by atoms with Crippen LogP contribution >= 0.6 is 15.9 Å². The summed E-state index contributed by atoms with van der Waals surface area (Å²) >= 11 is 3.46. The fourth-order valence-corrected chi connectivity index (χ4v) is 4.98. The molecule has 0 aliphatic heterocycles. The van der Waals surface area contributed by atoms with E-state index in [4.69, 9.17) is 14.8 Å². The Balaban J connectivity index is 1.41. The molecule has 188 valence electrons. The zero-order valence-electron chi connectivity index (χ0n) is 20.1. The molecule has 8 heteroatoms. The lowest BCUT2D eigenvalue weighted by Crippen LogP contribution is -2.25. The van der Waals surface area contributed by atoms with Crippen molar-refractivity contribution in [3.05, 3.63) is 104 Å². The molecule has 0 saturated heterocycles. The van der Waals surface area contributed by atoms with Crippen molar-refractivity contribution < 1.29 is 14.6 Å². The summed E-state index contributed by atoms with van der Waals surface area (Å²) in [6.07, 6.45) is 7.12. The molecule has 4 aromatic rings. The largest absolute Gasteiger partial charge is 0.489 e. The predicted octanol–water partition coefficient (Wildman–Crippen LogP) is 6.37. The van der Waals surface area contributed by atoms with E-state index in [0.29, 0.717) is 29.1 Å². The van der Waals surface area contributed by atoms with Crippen LogP contribution in [0.2, 0.25) is 0 Å². The molecule has 1 aliphatic carbocycles. The van der Waals surface area contributed by atoms with Gasteiger partial charge in [-0.1, -0.05) is 59.5 Å². The summed E-state index contributed by atoms with van der Waals surface area (Å²) in [5.74, 6) is 0.605. The minimum absolute atomic E-state index is 0.180. The Hall–Kier alpha value is -3.78. The number of aromatic carboxylic acids is 1. The van der Waals surface area contributed by atoms with E-state index in [0.717, 1.165) is 41.3 Å². The van der Waals surface area contributed by atoms with Gasteiger partial charge in [0, 0.05) is 10.4 Å². The molecule has 7 nitrogen and oxygen atoms in total. The Morgan fingerprint density at radius 3 is 2.62 bits per heavy atom. The van der Waals surface area contributed by atoms with Crippen LogP contribution < -0.4 is 10.3 Å². The first-order chi connectivity index (χ1) is 18.0. The minimum Gasteiger partial charge on any atom is -0.489 e. The molecule has 37 heavy (non-hydrogen) atoms. The van der Waals surface area contributed by atoms with E-state index < -0.39 is 5.97 Å². The number of carboxylic acids is 1. The summed E-state index contributed by atoms with van der Waals surface area (Å²) in [4.78, 5) is 29.4. The van der Waals surface area contributed by atoms with E-state index in [1.54, 1.807) is 36.5 Å². The average Bonchev–Trinajstić information content (AvgIpc) is 2.92. The summed E-state index contributed by atoms with van der Waals surface area (Å²) in [7, 11) is 0. The van der Waals surface area contributed by atoms with Crippen LogP contribution in [0.5, 0.6) is 5.75 Å². The van der Waals surface area contributed by atoms with Crippen LogP contribution in [0.3, 0.4) is 0 Å². The number of nitrogens with zero attached hydrogens (tertiary/aromatic N) is 3. The predicted molar refractivity (Wildman–Crippen MR) is 147 cm³/mol. The van der Waals surface area contributed by atoms with Crippen molar-refractivity contribution in [2.24, 2.45) is 5.10 Å². The molecule has 1 heterocycles. The van der Waals surface area contributed by atoms with Gasteiger partial charge >= 0.3 is 5.97 Å². The number of ether oxygens (including phenoxy) is 1. The molecule has 3 aromatic carbocycles. The fourth-order valence-electron chi connectivity index (χ4n) is 4.62. The minimum atomic E-state index is -0.959. The van der Waals surface area contributed by atoms with Crippen molar-refractivity contribution in [1.29, 1.82) is 0 Å².